The number of rotatable bonds is 7. The highest BCUT2D eigenvalue weighted by Crippen LogP contribution is 2.37. The number of fused-ring (bicyclic) bond motifs is 3. The predicted octanol–water partition coefficient (Wildman–Crippen LogP) is 2.31. The fourth-order valence-electron chi connectivity index (χ4n) is 4.67. The van der Waals surface area contributed by atoms with Crippen molar-refractivity contribution in [1.82, 2.24) is 24.8 Å². The quantitative estimate of drug-likeness (QED) is 0.673. The molecule has 3 aliphatic rings. The lowest BCUT2D eigenvalue weighted by Crippen LogP contribution is -2.58. The zero-order valence-corrected chi connectivity index (χ0v) is 17.2. The molecule has 5 rings (SSSR count). The minimum absolute atomic E-state index is 0.107. The third-order valence-corrected chi connectivity index (χ3v) is 6.30. The number of methoxy groups -OCH3 is 1. The Kier molecular flexibility index (Phi) is 5.67. The Labute approximate surface area is 171 Å². The first-order valence-corrected chi connectivity index (χ1v) is 10.2. The van der Waals surface area contributed by atoms with Gasteiger partial charge >= 0.3 is 0 Å². The molecule has 2 bridgehead atoms. The van der Waals surface area contributed by atoms with Crippen LogP contribution in [0.4, 0.5) is 0 Å². The second-order valence-electron chi connectivity index (χ2n) is 8.10. The predicted molar refractivity (Wildman–Crippen MR) is 111 cm³/mol. The van der Waals surface area contributed by atoms with E-state index in [-0.39, 0.29) is 11.8 Å². The van der Waals surface area contributed by atoms with Gasteiger partial charge in [-0.25, -0.2) is 0 Å². The maximum Gasteiger partial charge on any atom is 0.227 e. The zero-order chi connectivity index (χ0) is 20.4. The first-order valence-electron chi connectivity index (χ1n) is 10.2. The summed E-state index contributed by atoms with van der Waals surface area (Å²) >= 11 is 0. The number of hydrogen-bond acceptors (Lipinski definition) is 5. The molecule has 1 unspecified atom stereocenters. The first-order chi connectivity index (χ1) is 14.1. The Morgan fingerprint density at radius 1 is 1.38 bits per heavy atom. The number of aromatic nitrogens is 3. The van der Waals surface area contributed by atoms with Gasteiger partial charge in [0.2, 0.25) is 5.91 Å². The van der Waals surface area contributed by atoms with Gasteiger partial charge in [-0.05, 0) is 49.6 Å². The lowest BCUT2D eigenvalue weighted by Gasteiger charge is -2.49. The summed E-state index contributed by atoms with van der Waals surface area (Å²) in [5.41, 5.74) is 1.89. The van der Waals surface area contributed by atoms with E-state index in [2.05, 4.69) is 21.8 Å². The van der Waals surface area contributed by atoms with Crippen molar-refractivity contribution in [3.63, 3.8) is 0 Å². The molecule has 4 heterocycles. The first kappa shape index (κ1) is 19.6. The molecule has 0 N–H and O–H groups in total. The van der Waals surface area contributed by atoms with E-state index in [1.54, 1.807) is 18.1 Å². The van der Waals surface area contributed by atoms with E-state index in [9.17, 15) is 4.79 Å². The molecule has 154 valence electrons. The van der Waals surface area contributed by atoms with Gasteiger partial charge < -0.3 is 9.64 Å². The lowest BCUT2D eigenvalue weighted by atomic mass is 9.75. The van der Waals surface area contributed by atoms with Crippen molar-refractivity contribution in [3.05, 3.63) is 43.1 Å². The average molecular weight is 396 g/mol. The number of benzene rings is 1. The van der Waals surface area contributed by atoms with Crippen molar-refractivity contribution in [3.8, 4) is 17.0 Å². The van der Waals surface area contributed by atoms with Crippen molar-refractivity contribution in [2.75, 3.05) is 33.8 Å². The number of hydrogen-bond donors (Lipinski definition) is 0. The molecule has 1 aromatic heterocycles. The summed E-state index contributed by atoms with van der Waals surface area (Å²) in [5.74, 6) is 1.64. The molecule has 2 aromatic rings. The molecule has 0 saturated carbocycles. The molecule has 4 atom stereocenters. The van der Waals surface area contributed by atoms with Crippen molar-refractivity contribution >= 4 is 5.91 Å². The number of ether oxygens (including phenoxy) is 1. The van der Waals surface area contributed by atoms with Crippen LogP contribution in [0.1, 0.15) is 12.8 Å². The lowest BCUT2D eigenvalue weighted by molar-refractivity contribution is -0.142. The SMILES string of the molecule is C=CCN(C)C(=O)[C@@H]1CN2CC[C@@H]1C[C@@H]2Cn1cc(-c2ccc(OC)cc2)nn1. The van der Waals surface area contributed by atoms with E-state index < -0.39 is 0 Å². The molecule has 3 saturated heterocycles. The van der Waals surface area contributed by atoms with E-state index in [4.69, 9.17) is 4.74 Å². The minimum Gasteiger partial charge on any atom is -0.497 e. The van der Waals surface area contributed by atoms with Crippen LogP contribution in [-0.4, -0.2) is 70.5 Å². The second kappa shape index (κ2) is 8.37. The van der Waals surface area contributed by atoms with E-state index in [1.807, 2.05) is 42.2 Å². The van der Waals surface area contributed by atoms with Crippen LogP contribution in [0.3, 0.4) is 0 Å². The van der Waals surface area contributed by atoms with Gasteiger partial charge in [-0.1, -0.05) is 11.3 Å². The summed E-state index contributed by atoms with van der Waals surface area (Å²) in [6, 6.07) is 8.26. The number of carbonyl (C=O) groups excluding carboxylic acids is 1. The van der Waals surface area contributed by atoms with E-state index in [1.165, 1.54) is 0 Å². The molecule has 7 heteroatoms. The van der Waals surface area contributed by atoms with Crippen LogP contribution in [0.25, 0.3) is 11.3 Å². The van der Waals surface area contributed by atoms with Crippen molar-refractivity contribution in [1.29, 1.82) is 0 Å². The summed E-state index contributed by atoms with van der Waals surface area (Å²) in [7, 11) is 3.53. The van der Waals surface area contributed by atoms with Gasteiger partial charge in [0.25, 0.3) is 0 Å². The van der Waals surface area contributed by atoms with E-state index >= 15 is 0 Å². The summed E-state index contributed by atoms with van der Waals surface area (Å²) in [5, 5.41) is 8.68. The monoisotopic (exact) mass is 395 g/mol. The van der Waals surface area contributed by atoms with Gasteiger partial charge in [-0.2, -0.15) is 0 Å². The molecule has 3 aliphatic heterocycles. The Hall–Kier alpha value is -2.67. The van der Waals surface area contributed by atoms with Crippen LogP contribution in [0.2, 0.25) is 0 Å². The fraction of sp³-hybridized carbons (Fsp3) is 0.500. The summed E-state index contributed by atoms with van der Waals surface area (Å²) in [4.78, 5) is 17.0. The van der Waals surface area contributed by atoms with Gasteiger partial charge in [-0.15, -0.1) is 11.7 Å². The Morgan fingerprint density at radius 3 is 2.83 bits per heavy atom. The maximum atomic E-state index is 12.8. The molecule has 29 heavy (non-hydrogen) atoms. The third kappa shape index (κ3) is 4.05. The van der Waals surface area contributed by atoms with Gasteiger partial charge in [0.15, 0.2) is 0 Å². The van der Waals surface area contributed by atoms with Crippen LogP contribution in [0.5, 0.6) is 5.75 Å². The molecule has 7 nitrogen and oxygen atoms in total. The number of amides is 1. The van der Waals surface area contributed by atoms with Gasteiger partial charge in [0.1, 0.15) is 11.4 Å². The molecule has 1 amide bonds. The zero-order valence-electron chi connectivity index (χ0n) is 17.2. The highest BCUT2D eigenvalue weighted by atomic mass is 16.5. The Balaban J connectivity index is 1.40. The maximum absolute atomic E-state index is 12.8. The largest absolute Gasteiger partial charge is 0.497 e. The van der Waals surface area contributed by atoms with Crippen molar-refractivity contribution < 1.29 is 9.53 Å². The van der Waals surface area contributed by atoms with Crippen LogP contribution < -0.4 is 4.74 Å². The smallest absolute Gasteiger partial charge is 0.227 e. The average Bonchev–Trinajstić information content (AvgIpc) is 3.22. The molecule has 1 aromatic carbocycles. The molecule has 0 spiro atoms. The third-order valence-electron chi connectivity index (χ3n) is 6.30. The second-order valence-corrected chi connectivity index (χ2v) is 8.10. The van der Waals surface area contributed by atoms with Gasteiger partial charge in [0, 0.05) is 31.7 Å². The molecular weight excluding hydrogens is 366 g/mol. The van der Waals surface area contributed by atoms with Crippen LogP contribution in [0, 0.1) is 11.8 Å². The summed E-state index contributed by atoms with van der Waals surface area (Å²) < 4.78 is 7.15. The summed E-state index contributed by atoms with van der Waals surface area (Å²) in [6.07, 6.45) is 5.93. The Morgan fingerprint density at radius 2 is 2.17 bits per heavy atom. The minimum atomic E-state index is 0.107. The molecule has 3 fully saturated rings. The van der Waals surface area contributed by atoms with Crippen LogP contribution in [-0.2, 0) is 11.3 Å². The van der Waals surface area contributed by atoms with Crippen LogP contribution >= 0.6 is 0 Å². The number of carbonyl (C=O) groups is 1. The highest BCUT2D eigenvalue weighted by molar-refractivity contribution is 5.79. The number of likely N-dealkylation sites (N-methyl/N-ethyl adjacent to an activating group) is 1. The van der Waals surface area contributed by atoms with Gasteiger partial charge in [0.05, 0.1) is 25.8 Å². The highest BCUT2D eigenvalue weighted by Gasteiger charge is 2.44. The fourth-order valence-corrected chi connectivity index (χ4v) is 4.67. The van der Waals surface area contributed by atoms with E-state index in [0.717, 1.165) is 49.5 Å². The topological polar surface area (TPSA) is 63.5 Å². The molecule has 0 radical (unpaired) electrons. The number of piperidine rings is 3. The van der Waals surface area contributed by atoms with Crippen LogP contribution in [0.15, 0.2) is 43.1 Å². The number of nitrogens with zero attached hydrogens (tertiary/aromatic N) is 5. The Bertz CT molecular complexity index is 862. The van der Waals surface area contributed by atoms with Crippen molar-refractivity contribution in [2.24, 2.45) is 11.8 Å². The molecule has 0 aliphatic carbocycles. The van der Waals surface area contributed by atoms with Crippen molar-refractivity contribution in [2.45, 2.75) is 25.4 Å². The summed E-state index contributed by atoms with van der Waals surface area (Å²) in [6.45, 7) is 7.06. The van der Waals surface area contributed by atoms with Gasteiger partial charge in [-0.3, -0.25) is 14.4 Å². The van der Waals surface area contributed by atoms with E-state index in [0.29, 0.717) is 18.5 Å². The normalized spacial score (nSPS) is 25.6. The standard InChI is InChI=1S/C22H29N5O2/c1-4-10-25(2)22(28)20-14-26-11-9-17(20)12-18(26)13-27-15-21(23-24-27)16-5-7-19(29-3)8-6-16/h4-8,15,17-18,20H,1,9-14H2,2-3H3/t17-,18-,20-/m1/s1. The molecular formula is C22H29N5O2.